The van der Waals surface area contributed by atoms with Crippen LogP contribution in [0.1, 0.15) is 6.92 Å². The number of rotatable bonds is 4. The van der Waals surface area contributed by atoms with Gasteiger partial charge in [-0.1, -0.05) is 22.9 Å². The van der Waals surface area contributed by atoms with Crippen LogP contribution in [0.5, 0.6) is 0 Å². The number of anilines is 1. The van der Waals surface area contributed by atoms with Gasteiger partial charge in [0.15, 0.2) is 0 Å². The van der Waals surface area contributed by atoms with Crippen LogP contribution < -0.4 is 4.90 Å². The molecule has 1 aromatic rings. The van der Waals surface area contributed by atoms with E-state index in [2.05, 4.69) is 15.9 Å². The van der Waals surface area contributed by atoms with Crippen LogP contribution in [-0.4, -0.2) is 29.1 Å². The summed E-state index contributed by atoms with van der Waals surface area (Å²) >= 11 is 3.29. The molecule has 1 aromatic carbocycles. The number of nitro benzene ring substituents is 1. The zero-order chi connectivity index (χ0) is 14.2. The summed E-state index contributed by atoms with van der Waals surface area (Å²) in [6.45, 7) is 2.73. The summed E-state index contributed by atoms with van der Waals surface area (Å²) in [5, 5.41) is 19.9. The first-order chi connectivity index (χ1) is 8.90. The molecule has 0 aromatic heterocycles. The maximum Gasteiger partial charge on any atom is 0.306 e. The smallest absolute Gasteiger partial charge is 0.306 e. The molecule has 0 bridgehead atoms. The molecule has 0 saturated carbocycles. The normalized spacial score (nSPS) is 16.8. The van der Waals surface area contributed by atoms with Crippen molar-refractivity contribution in [2.45, 2.75) is 6.92 Å². The molecule has 1 aliphatic rings. The molecule has 1 atom stereocenters. The summed E-state index contributed by atoms with van der Waals surface area (Å²) < 4.78 is 0.767. The minimum absolute atomic E-state index is 0.0380. The van der Waals surface area contributed by atoms with E-state index in [9.17, 15) is 14.9 Å². The minimum atomic E-state index is -0.826. The lowest BCUT2D eigenvalue weighted by Crippen LogP contribution is -2.51. The highest BCUT2D eigenvalue weighted by Crippen LogP contribution is 2.37. The second-order valence-electron chi connectivity index (χ2n) is 4.68. The lowest BCUT2D eigenvalue weighted by Gasteiger charge is -2.42. The van der Waals surface area contributed by atoms with E-state index in [4.69, 9.17) is 5.11 Å². The maximum atomic E-state index is 11.0. The van der Waals surface area contributed by atoms with E-state index in [1.165, 1.54) is 6.07 Å². The highest BCUT2D eigenvalue weighted by atomic mass is 79.9. The first-order valence-corrected chi connectivity index (χ1v) is 6.61. The first-order valence-electron chi connectivity index (χ1n) is 5.82. The Labute approximate surface area is 118 Å². The zero-order valence-corrected chi connectivity index (χ0v) is 11.8. The quantitative estimate of drug-likeness (QED) is 0.678. The summed E-state index contributed by atoms with van der Waals surface area (Å²) in [6, 6.07) is 4.77. The molecule has 19 heavy (non-hydrogen) atoms. The van der Waals surface area contributed by atoms with Crippen LogP contribution >= 0.6 is 15.9 Å². The third kappa shape index (κ3) is 2.70. The Morgan fingerprint density at radius 3 is 2.74 bits per heavy atom. The number of nitrogens with zero attached hydrogens (tertiary/aromatic N) is 2. The molecule has 6 nitrogen and oxygen atoms in total. The average molecular weight is 329 g/mol. The van der Waals surface area contributed by atoms with Gasteiger partial charge < -0.3 is 10.0 Å². The van der Waals surface area contributed by atoms with E-state index in [1.54, 1.807) is 19.1 Å². The van der Waals surface area contributed by atoms with Gasteiger partial charge >= 0.3 is 5.97 Å². The fraction of sp³-hybridized carbons (Fsp3) is 0.417. The van der Waals surface area contributed by atoms with Gasteiger partial charge in [0.2, 0.25) is 0 Å². The molecule has 0 spiro atoms. The third-order valence-corrected chi connectivity index (χ3v) is 3.97. The van der Waals surface area contributed by atoms with E-state index in [0.717, 1.165) is 4.47 Å². The van der Waals surface area contributed by atoms with Crippen LogP contribution in [-0.2, 0) is 4.79 Å². The van der Waals surface area contributed by atoms with Gasteiger partial charge in [0.25, 0.3) is 5.69 Å². The van der Waals surface area contributed by atoms with Crippen LogP contribution in [0.2, 0.25) is 0 Å². The van der Waals surface area contributed by atoms with Gasteiger partial charge in [0, 0.05) is 29.5 Å². The summed E-state index contributed by atoms with van der Waals surface area (Å²) in [6.07, 6.45) is 0. The largest absolute Gasteiger partial charge is 0.481 e. The van der Waals surface area contributed by atoms with E-state index < -0.39 is 16.8 Å². The predicted octanol–water partition coefficient (Wildman–Crippen LogP) is 2.51. The van der Waals surface area contributed by atoms with Crippen molar-refractivity contribution in [2.24, 2.45) is 11.8 Å². The predicted molar refractivity (Wildman–Crippen MR) is 73.3 cm³/mol. The number of benzene rings is 1. The van der Waals surface area contributed by atoms with Crippen LogP contribution in [0.4, 0.5) is 11.4 Å². The summed E-state index contributed by atoms with van der Waals surface area (Å²) in [7, 11) is 0. The maximum absolute atomic E-state index is 11.0. The lowest BCUT2D eigenvalue weighted by atomic mass is 9.86. The monoisotopic (exact) mass is 328 g/mol. The van der Waals surface area contributed by atoms with E-state index in [0.29, 0.717) is 18.8 Å². The molecule has 1 unspecified atom stereocenters. The molecule has 7 heteroatoms. The van der Waals surface area contributed by atoms with Gasteiger partial charge in [-0.2, -0.15) is 0 Å². The van der Waals surface area contributed by atoms with Crippen LogP contribution in [0.3, 0.4) is 0 Å². The first kappa shape index (κ1) is 13.8. The number of aliphatic carboxylic acids is 1. The molecule has 1 aliphatic heterocycles. The lowest BCUT2D eigenvalue weighted by molar-refractivity contribution is -0.384. The van der Waals surface area contributed by atoms with Crippen molar-refractivity contribution in [3.05, 3.63) is 32.8 Å². The Bertz CT molecular complexity index is 528. The third-order valence-electron chi connectivity index (χ3n) is 3.48. The van der Waals surface area contributed by atoms with Gasteiger partial charge in [-0.3, -0.25) is 14.9 Å². The van der Waals surface area contributed by atoms with Crippen molar-refractivity contribution in [1.29, 1.82) is 0 Å². The summed E-state index contributed by atoms with van der Waals surface area (Å²) in [4.78, 5) is 23.3. The van der Waals surface area contributed by atoms with E-state index >= 15 is 0 Å². The Kier molecular flexibility index (Phi) is 3.75. The number of carbonyl (C=O) groups is 1. The van der Waals surface area contributed by atoms with Gasteiger partial charge in [-0.15, -0.1) is 0 Å². The van der Waals surface area contributed by atoms with E-state index in [1.807, 2.05) is 4.90 Å². The highest BCUT2D eigenvalue weighted by Gasteiger charge is 2.37. The molecule has 1 fully saturated rings. The van der Waals surface area contributed by atoms with Crippen LogP contribution in [0.15, 0.2) is 22.7 Å². The average Bonchev–Trinajstić information content (AvgIpc) is 2.26. The Hall–Kier alpha value is -1.63. The fourth-order valence-electron chi connectivity index (χ4n) is 2.13. The van der Waals surface area contributed by atoms with E-state index in [-0.39, 0.29) is 11.6 Å². The number of carboxylic acids is 1. The molecule has 0 aliphatic carbocycles. The highest BCUT2D eigenvalue weighted by molar-refractivity contribution is 9.10. The van der Waals surface area contributed by atoms with Gasteiger partial charge in [-0.25, -0.2) is 0 Å². The molecule has 1 saturated heterocycles. The molecule has 1 heterocycles. The molecular formula is C12H13BrN2O4. The van der Waals surface area contributed by atoms with Crippen molar-refractivity contribution < 1.29 is 14.8 Å². The standard InChI is InChI=1S/C12H13BrN2O4/c1-7(12(16)17)8-5-14(6-8)11-4-9(13)2-3-10(11)15(18)19/h2-4,7-8H,5-6H2,1H3,(H,16,17). The molecular weight excluding hydrogens is 316 g/mol. The molecule has 0 amide bonds. The number of nitro groups is 1. The second kappa shape index (κ2) is 5.16. The topological polar surface area (TPSA) is 83.7 Å². The molecule has 102 valence electrons. The second-order valence-corrected chi connectivity index (χ2v) is 5.60. The SMILES string of the molecule is CC(C(=O)O)C1CN(c2cc(Br)ccc2[N+](=O)[O-])C1. The van der Waals surface area contributed by atoms with Crippen molar-refractivity contribution in [3.8, 4) is 0 Å². The van der Waals surface area contributed by atoms with Gasteiger partial charge in [-0.05, 0) is 12.1 Å². The zero-order valence-electron chi connectivity index (χ0n) is 10.2. The van der Waals surface area contributed by atoms with Crippen molar-refractivity contribution in [3.63, 3.8) is 0 Å². The summed E-state index contributed by atoms with van der Waals surface area (Å²) in [5.41, 5.74) is 0.581. The summed E-state index contributed by atoms with van der Waals surface area (Å²) in [5.74, 6) is -1.22. The Balaban J connectivity index is 2.15. The van der Waals surface area contributed by atoms with Gasteiger partial charge in [0.1, 0.15) is 5.69 Å². The van der Waals surface area contributed by atoms with Crippen molar-refractivity contribution >= 4 is 33.3 Å². The Morgan fingerprint density at radius 1 is 1.58 bits per heavy atom. The molecule has 0 radical (unpaired) electrons. The van der Waals surface area contributed by atoms with Crippen LogP contribution in [0, 0.1) is 22.0 Å². The number of hydrogen-bond acceptors (Lipinski definition) is 4. The minimum Gasteiger partial charge on any atom is -0.481 e. The Morgan fingerprint density at radius 2 is 2.21 bits per heavy atom. The van der Waals surface area contributed by atoms with Crippen molar-refractivity contribution in [2.75, 3.05) is 18.0 Å². The van der Waals surface area contributed by atoms with Gasteiger partial charge in [0.05, 0.1) is 10.8 Å². The fourth-order valence-corrected chi connectivity index (χ4v) is 2.48. The molecule has 2 rings (SSSR count). The van der Waals surface area contributed by atoms with Crippen LogP contribution in [0.25, 0.3) is 0 Å². The number of carboxylic acid groups (broad SMARTS) is 1. The molecule has 1 N–H and O–H groups in total. The van der Waals surface area contributed by atoms with Crippen molar-refractivity contribution in [1.82, 2.24) is 0 Å². The number of halogens is 1. The number of hydrogen-bond donors (Lipinski definition) is 1.